The van der Waals surface area contributed by atoms with Crippen LogP contribution < -0.4 is 5.32 Å². The summed E-state index contributed by atoms with van der Waals surface area (Å²) in [5, 5.41) is 22.8. The van der Waals surface area contributed by atoms with Gasteiger partial charge in [0.15, 0.2) is 0 Å². The minimum atomic E-state index is -2.63. The molecule has 9 nitrogen and oxygen atoms in total. The maximum Gasteiger partial charge on any atom is 0.246 e. The van der Waals surface area contributed by atoms with Gasteiger partial charge < -0.3 is 15.2 Å². The van der Waals surface area contributed by atoms with Crippen LogP contribution in [0.5, 0.6) is 0 Å². The Balaban J connectivity index is 1.38. The highest BCUT2D eigenvalue weighted by Gasteiger charge is 2.32. The fourth-order valence-corrected chi connectivity index (χ4v) is 5.41. The monoisotopic (exact) mass is 517 g/mol. The summed E-state index contributed by atoms with van der Waals surface area (Å²) in [6.45, 7) is 5.38. The van der Waals surface area contributed by atoms with Crippen LogP contribution in [0.1, 0.15) is 63.6 Å². The minimum Gasteiger partial charge on any atom is -0.393 e. The molecular weight excluding hydrogens is 480 g/mol. The molecule has 5 rings (SSSR count). The average molecular weight is 518 g/mol. The van der Waals surface area contributed by atoms with Crippen LogP contribution in [-0.4, -0.2) is 85.8 Å². The van der Waals surface area contributed by atoms with Crippen LogP contribution in [0.3, 0.4) is 0 Å². The Labute approximate surface area is 215 Å². The van der Waals surface area contributed by atoms with Gasteiger partial charge >= 0.3 is 0 Å². The second kappa shape index (κ2) is 10.6. The van der Waals surface area contributed by atoms with Gasteiger partial charge in [0.05, 0.1) is 36.7 Å². The number of nitrogens with one attached hydrogen (secondary N) is 1. The topological polar surface area (TPSA) is 92.7 Å². The molecule has 0 amide bonds. The molecule has 0 spiro atoms. The number of fused-ring (bicyclic) bond motifs is 1. The van der Waals surface area contributed by atoms with Gasteiger partial charge in [-0.25, -0.2) is 18.3 Å². The largest absolute Gasteiger partial charge is 0.393 e. The van der Waals surface area contributed by atoms with Crippen molar-refractivity contribution in [2.75, 3.05) is 38.7 Å². The van der Waals surface area contributed by atoms with Crippen LogP contribution in [-0.2, 0) is 4.74 Å². The molecule has 3 aromatic heterocycles. The summed E-state index contributed by atoms with van der Waals surface area (Å²) >= 11 is 0. The Bertz CT molecular complexity index is 1190. The summed E-state index contributed by atoms with van der Waals surface area (Å²) in [6, 6.07) is 2.43. The molecule has 0 bridgehead atoms. The second-order valence-electron chi connectivity index (χ2n) is 10.8. The number of ether oxygens (including phenoxy) is 1. The number of hydrogen-bond acceptors (Lipinski definition) is 7. The van der Waals surface area contributed by atoms with Crippen molar-refractivity contribution in [2.24, 2.45) is 0 Å². The van der Waals surface area contributed by atoms with E-state index in [9.17, 15) is 13.9 Å². The molecule has 0 aromatic carbocycles. The summed E-state index contributed by atoms with van der Waals surface area (Å²) in [6.07, 6.45) is 8.78. The number of hydrogen-bond donors (Lipinski definition) is 2. The quantitative estimate of drug-likeness (QED) is 0.421. The van der Waals surface area contributed by atoms with Gasteiger partial charge in [-0.3, -0.25) is 9.58 Å². The molecule has 0 unspecified atom stereocenters. The maximum absolute atomic E-state index is 13.2. The number of rotatable bonds is 10. The molecular formula is C26H37F2N7O2. The summed E-state index contributed by atoms with van der Waals surface area (Å²) in [7, 11) is 1.67. The molecule has 2 N–H and O–H groups in total. The molecule has 202 valence electrons. The van der Waals surface area contributed by atoms with Crippen LogP contribution in [0.15, 0.2) is 24.7 Å². The summed E-state index contributed by atoms with van der Waals surface area (Å²) in [5.41, 5.74) is 4.02. The van der Waals surface area contributed by atoms with Crippen molar-refractivity contribution >= 4 is 11.5 Å². The molecule has 1 aliphatic carbocycles. The van der Waals surface area contributed by atoms with Gasteiger partial charge in [0, 0.05) is 68.1 Å². The van der Waals surface area contributed by atoms with E-state index in [1.807, 2.05) is 39.6 Å². The van der Waals surface area contributed by atoms with Gasteiger partial charge in [-0.1, -0.05) is 0 Å². The summed E-state index contributed by atoms with van der Waals surface area (Å²) in [4.78, 5) is 6.61. The number of halogens is 2. The highest BCUT2D eigenvalue weighted by atomic mass is 19.3. The van der Waals surface area contributed by atoms with E-state index in [1.165, 1.54) is 0 Å². The normalized spacial score (nSPS) is 22.3. The Morgan fingerprint density at radius 3 is 2.68 bits per heavy atom. The zero-order chi connectivity index (χ0) is 26.2. The molecule has 4 heterocycles. The molecule has 37 heavy (non-hydrogen) atoms. The Morgan fingerprint density at radius 1 is 1.22 bits per heavy atom. The highest BCUT2D eigenvalue weighted by Crippen LogP contribution is 2.38. The lowest BCUT2D eigenvalue weighted by molar-refractivity contribution is -0.0105. The molecule has 3 aromatic rings. The number of alkyl halides is 2. The number of nitrogens with zero attached hydrogens (tertiary/aromatic N) is 6. The lowest BCUT2D eigenvalue weighted by atomic mass is 9.85. The van der Waals surface area contributed by atoms with Gasteiger partial charge in [0.1, 0.15) is 0 Å². The first kappa shape index (κ1) is 26.0. The van der Waals surface area contributed by atoms with Crippen molar-refractivity contribution < 1.29 is 18.6 Å². The zero-order valence-electron chi connectivity index (χ0n) is 21.8. The first-order chi connectivity index (χ1) is 17.7. The number of methoxy groups -OCH3 is 1. The fraction of sp³-hybridized carbons (Fsp3) is 0.654. The van der Waals surface area contributed by atoms with Gasteiger partial charge in [-0.05, 0) is 45.6 Å². The van der Waals surface area contributed by atoms with E-state index in [2.05, 4.69) is 21.5 Å². The number of aromatic nitrogens is 5. The highest BCUT2D eigenvalue weighted by molar-refractivity contribution is 5.81. The molecule has 2 fully saturated rings. The number of anilines is 1. The van der Waals surface area contributed by atoms with E-state index in [0.717, 1.165) is 68.0 Å². The van der Waals surface area contributed by atoms with Crippen LogP contribution in [0.25, 0.3) is 16.6 Å². The second-order valence-corrected chi connectivity index (χ2v) is 10.8. The smallest absolute Gasteiger partial charge is 0.246 e. The Hall–Kier alpha value is -2.63. The summed E-state index contributed by atoms with van der Waals surface area (Å²) in [5.74, 6) is -1.79. The minimum absolute atomic E-state index is 0.0644. The van der Waals surface area contributed by atoms with E-state index in [1.54, 1.807) is 7.11 Å². The average Bonchev–Trinajstić information content (AvgIpc) is 3.43. The predicted octanol–water partition coefficient (Wildman–Crippen LogP) is 3.96. The number of likely N-dealkylation sites (tertiary alicyclic amines) is 1. The van der Waals surface area contributed by atoms with Crippen molar-refractivity contribution in [1.29, 1.82) is 0 Å². The van der Waals surface area contributed by atoms with E-state index < -0.39 is 5.92 Å². The van der Waals surface area contributed by atoms with Gasteiger partial charge in [0.25, 0.3) is 0 Å². The first-order valence-electron chi connectivity index (χ1n) is 13.2. The van der Waals surface area contributed by atoms with Crippen LogP contribution in [0, 0.1) is 0 Å². The molecule has 1 atom stereocenters. The molecule has 0 radical (unpaired) electrons. The van der Waals surface area contributed by atoms with Crippen molar-refractivity contribution in [2.45, 2.75) is 76.0 Å². The van der Waals surface area contributed by atoms with E-state index >= 15 is 0 Å². The third kappa shape index (κ3) is 5.94. The standard InChI is InChI=1S/C26H37F2N7O2/c1-17(16-37-3)31-25-29-12-24-22(10-23(35(24)32-25)18-4-6-21(36)7-5-18)19-11-30-34(13-19)20-14-33(15-20)9-8-26(2,27)28/h10-13,17-18,20-21,36H,4-9,14-16H2,1-3H3,(H,31,32)/t17-,18?,21?/m0/s1. The molecule has 1 saturated heterocycles. The lowest BCUT2D eigenvalue weighted by Crippen LogP contribution is -2.48. The van der Waals surface area contributed by atoms with E-state index in [0.29, 0.717) is 25.0 Å². The van der Waals surface area contributed by atoms with Crippen molar-refractivity contribution in [3.05, 3.63) is 30.4 Å². The third-order valence-electron chi connectivity index (χ3n) is 7.54. The maximum atomic E-state index is 13.2. The number of aliphatic hydroxyl groups excluding tert-OH is 1. The Morgan fingerprint density at radius 2 is 1.97 bits per heavy atom. The van der Waals surface area contributed by atoms with Crippen molar-refractivity contribution in [1.82, 2.24) is 29.3 Å². The summed E-state index contributed by atoms with van der Waals surface area (Å²) < 4.78 is 35.5. The van der Waals surface area contributed by atoms with E-state index in [4.69, 9.17) is 9.84 Å². The van der Waals surface area contributed by atoms with Gasteiger partial charge in [-0.2, -0.15) is 5.10 Å². The lowest BCUT2D eigenvalue weighted by Gasteiger charge is -2.39. The molecule has 1 saturated carbocycles. The van der Waals surface area contributed by atoms with Crippen molar-refractivity contribution in [3.8, 4) is 11.1 Å². The first-order valence-corrected chi connectivity index (χ1v) is 13.2. The third-order valence-corrected chi connectivity index (χ3v) is 7.54. The molecule has 11 heteroatoms. The van der Waals surface area contributed by atoms with Crippen LogP contribution in [0.2, 0.25) is 0 Å². The zero-order valence-corrected chi connectivity index (χ0v) is 21.8. The fourth-order valence-electron chi connectivity index (χ4n) is 5.41. The molecule has 2 aliphatic rings. The van der Waals surface area contributed by atoms with Crippen molar-refractivity contribution in [3.63, 3.8) is 0 Å². The Kier molecular flexibility index (Phi) is 7.46. The van der Waals surface area contributed by atoms with Crippen LogP contribution >= 0.6 is 0 Å². The van der Waals surface area contributed by atoms with Gasteiger partial charge in [0.2, 0.25) is 11.9 Å². The van der Waals surface area contributed by atoms with Gasteiger partial charge in [-0.15, -0.1) is 5.10 Å². The number of aliphatic hydroxyl groups is 1. The molecule has 1 aliphatic heterocycles. The van der Waals surface area contributed by atoms with Crippen LogP contribution in [0.4, 0.5) is 14.7 Å². The predicted molar refractivity (Wildman–Crippen MR) is 137 cm³/mol. The van der Waals surface area contributed by atoms with E-state index in [-0.39, 0.29) is 24.6 Å². The SMILES string of the molecule is COC[C@H](C)Nc1ncc2c(-c3cnn(C4CN(CCC(C)(F)F)C4)c3)cc(C3CCC(O)CC3)n2n1.